The van der Waals surface area contributed by atoms with Crippen molar-refractivity contribution in [1.82, 2.24) is 14.9 Å². The largest absolute Gasteiger partial charge is 0.308 e. The first-order valence-corrected chi connectivity index (χ1v) is 6.67. The fourth-order valence-corrected chi connectivity index (χ4v) is 2.65. The molecule has 2 rings (SSSR count). The molecule has 1 heterocycles. The summed E-state index contributed by atoms with van der Waals surface area (Å²) >= 11 is 1.43. The molecule has 1 aliphatic carbocycles. The highest BCUT2D eigenvalue weighted by Crippen LogP contribution is 2.22. The third-order valence-corrected chi connectivity index (χ3v) is 3.79. The van der Waals surface area contributed by atoms with Crippen LogP contribution in [0.5, 0.6) is 0 Å². The first kappa shape index (κ1) is 11.0. The van der Waals surface area contributed by atoms with Gasteiger partial charge in [-0.05, 0) is 36.7 Å². The van der Waals surface area contributed by atoms with Crippen molar-refractivity contribution in [2.75, 3.05) is 0 Å². The van der Waals surface area contributed by atoms with Crippen LogP contribution in [-0.2, 0) is 6.54 Å². The number of nitrogens with zero attached hydrogens (tertiary/aromatic N) is 2. The smallest absolute Gasteiger partial charge is 0.0893 e. The Labute approximate surface area is 95.4 Å². The lowest BCUT2D eigenvalue weighted by atomic mass is 10.0. The molecule has 0 aliphatic heterocycles. The summed E-state index contributed by atoms with van der Waals surface area (Å²) in [5.74, 6) is 0.915. The van der Waals surface area contributed by atoms with Gasteiger partial charge in [0.1, 0.15) is 0 Å². The van der Waals surface area contributed by atoms with Crippen molar-refractivity contribution in [3.63, 3.8) is 0 Å². The summed E-state index contributed by atoms with van der Waals surface area (Å²) in [6.07, 6.45) is 6.78. The summed E-state index contributed by atoms with van der Waals surface area (Å²) in [7, 11) is 0. The molecule has 1 aromatic heterocycles. The monoisotopic (exact) mass is 225 g/mol. The second-order valence-corrected chi connectivity index (χ2v) is 5.20. The predicted molar refractivity (Wildman–Crippen MR) is 62.8 cm³/mol. The SMILES string of the molecule is CC1CCCC(NCc2csnn2)CC1. The predicted octanol–water partition coefficient (Wildman–Crippen LogP) is 2.60. The highest BCUT2D eigenvalue weighted by molar-refractivity contribution is 7.03. The number of rotatable bonds is 3. The van der Waals surface area contributed by atoms with Crippen molar-refractivity contribution in [2.24, 2.45) is 5.92 Å². The van der Waals surface area contributed by atoms with Gasteiger partial charge in [-0.2, -0.15) is 0 Å². The highest BCUT2D eigenvalue weighted by Gasteiger charge is 2.15. The number of hydrogen-bond donors (Lipinski definition) is 1. The zero-order chi connectivity index (χ0) is 10.5. The summed E-state index contributed by atoms with van der Waals surface area (Å²) in [6, 6.07) is 0.691. The number of hydrogen-bond acceptors (Lipinski definition) is 4. The van der Waals surface area contributed by atoms with E-state index in [2.05, 4.69) is 21.8 Å². The summed E-state index contributed by atoms with van der Waals surface area (Å²) in [4.78, 5) is 0. The Bertz CT molecular complexity index is 273. The first-order valence-electron chi connectivity index (χ1n) is 5.84. The standard InChI is InChI=1S/C11H19N3S/c1-9-3-2-4-10(6-5-9)12-7-11-8-15-14-13-11/h8-10,12H,2-7H2,1H3. The molecule has 4 heteroatoms. The lowest BCUT2D eigenvalue weighted by Crippen LogP contribution is -2.28. The number of aromatic nitrogens is 2. The van der Waals surface area contributed by atoms with Crippen LogP contribution in [0, 0.1) is 5.92 Å². The summed E-state index contributed by atoms with van der Waals surface area (Å²) < 4.78 is 3.87. The minimum Gasteiger partial charge on any atom is -0.308 e. The molecule has 0 spiro atoms. The maximum absolute atomic E-state index is 4.05. The Morgan fingerprint density at radius 2 is 2.33 bits per heavy atom. The van der Waals surface area contributed by atoms with E-state index in [4.69, 9.17) is 0 Å². The van der Waals surface area contributed by atoms with Gasteiger partial charge in [-0.25, -0.2) is 0 Å². The van der Waals surface area contributed by atoms with E-state index in [0.29, 0.717) is 6.04 Å². The average Bonchev–Trinajstić information content (AvgIpc) is 2.66. The third-order valence-electron chi connectivity index (χ3n) is 3.23. The molecule has 15 heavy (non-hydrogen) atoms. The lowest BCUT2D eigenvalue weighted by molar-refractivity contribution is 0.445. The molecule has 2 atom stereocenters. The summed E-state index contributed by atoms with van der Waals surface area (Å²) in [5.41, 5.74) is 1.08. The highest BCUT2D eigenvalue weighted by atomic mass is 32.1. The van der Waals surface area contributed by atoms with Crippen LogP contribution < -0.4 is 5.32 Å². The van der Waals surface area contributed by atoms with E-state index in [0.717, 1.165) is 18.2 Å². The maximum atomic E-state index is 4.05. The molecule has 3 nitrogen and oxygen atoms in total. The van der Waals surface area contributed by atoms with E-state index in [1.807, 2.05) is 5.38 Å². The Hall–Kier alpha value is -0.480. The fraction of sp³-hybridized carbons (Fsp3) is 0.818. The van der Waals surface area contributed by atoms with Crippen LogP contribution in [0.4, 0.5) is 0 Å². The molecule has 0 saturated heterocycles. The quantitative estimate of drug-likeness (QED) is 0.804. The van der Waals surface area contributed by atoms with Gasteiger partial charge in [0.2, 0.25) is 0 Å². The molecule has 1 saturated carbocycles. The molecule has 0 amide bonds. The van der Waals surface area contributed by atoms with Gasteiger partial charge in [0.05, 0.1) is 5.69 Å². The van der Waals surface area contributed by atoms with Crippen molar-refractivity contribution >= 4 is 11.5 Å². The van der Waals surface area contributed by atoms with Gasteiger partial charge in [-0.3, -0.25) is 0 Å². The topological polar surface area (TPSA) is 37.8 Å². The van der Waals surface area contributed by atoms with Crippen molar-refractivity contribution in [3.05, 3.63) is 11.1 Å². The van der Waals surface area contributed by atoms with Gasteiger partial charge in [-0.15, -0.1) is 5.10 Å². The molecular weight excluding hydrogens is 206 g/mol. The third kappa shape index (κ3) is 3.54. The van der Waals surface area contributed by atoms with Crippen molar-refractivity contribution in [3.8, 4) is 0 Å². The van der Waals surface area contributed by atoms with Crippen LogP contribution in [0.1, 0.15) is 44.7 Å². The molecule has 0 bridgehead atoms. The molecule has 1 N–H and O–H groups in total. The zero-order valence-electron chi connectivity index (χ0n) is 9.28. The van der Waals surface area contributed by atoms with Gasteiger partial charge >= 0.3 is 0 Å². The lowest BCUT2D eigenvalue weighted by Gasteiger charge is -2.15. The van der Waals surface area contributed by atoms with Crippen LogP contribution in [-0.4, -0.2) is 15.6 Å². The van der Waals surface area contributed by atoms with Crippen molar-refractivity contribution in [2.45, 2.75) is 51.6 Å². The van der Waals surface area contributed by atoms with E-state index < -0.39 is 0 Å². The van der Waals surface area contributed by atoms with Crippen LogP contribution in [0.3, 0.4) is 0 Å². The van der Waals surface area contributed by atoms with Crippen molar-refractivity contribution in [1.29, 1.82) is 0 Å². The van der Waals surface area contributed by atoms with E-state index in [9.17, 15) is 0 Å². The van der Waals surface area contributed by atoms with Gasteiger partial charge in [0, 0.05) is 18.0 Å². The minimum atomic E-state index is 0.691. The molecule has 84 valence electrons. The number of nitrogens with one attached hydrogen (secondary N) is 1. The van der Waals surface area contributed by atoms with Crippen LogP contribution >= 0.6 is 11.5 Å². The summed E-state index contributed by atoms with van der Waals surface area (Å²) in [5, 5.41) is 9.65. The average molecular weight is 225 g/mol. The fourth-order valence-electron chi connectivity index (χ4n) is 2.20. The van der Waals surface area contributed by atoms with E-state index in [-0.39, 0.29) is 0 Å². The second kappa shape index (κ2) is 5.56. The maximum Gasteiger partial charge on any atom is 0.0893 e. The summed E-state index contributed by atoms with van der Waals surface area (Å²) in [6.45, 7) is 3.25. The normalized spacial score (nSPS) is 27.5. The minimum absolute atomic E-state index is 0.691. The zero-order valence-corrected chi connectivity index (χ0v) is 10.1. The van der Waals surface area contributed by atoms with Crippen LogP contribution in [0.2, 0.25) is 0 Å². The van der Waals surface area contributed by atoms with E-state index in [1.165, 1.54) is 43.6 Å². The molecule has 0 aromatic carbocycles. The van der Waals surface area contributed by atoms with Gasteiger partial charge in [0.25, 0.3) is 0 Å². The second-order valence-electron chi connectivity index (χ2n) is 4.59. The molecule has 1 fully saturated rings. The molecule has 2 unspecified atom stereocenters. The molecule has 0 radical (unpaired) electrons. The Morgan fingerprint density at radius 1 is 1.40 bits per heavy atom. The van der Waals surface area contributed by atoms with Crippen LogP contribution in [0.15, 0.2) is 5.38 Å². The van der Waals surface area contributed by atoms with E-state index in [1.54, 1.807) is 0 Å². The first-order chi connectivity index (χ1) is 7.34. The Morgan fingerprint density at radius 3 is 3.13 bits per heavy atom. The van der Waals surface area contributed by atoms with E-state index >= 15 is 0 Å². The van der Waals surface area contributed by atoms with Gasteiger partial charge in [0.15, 0.2) is 0 Å². The van der Waals surface area contributed by atoms with Gasteiger partial charge in [-0.1, -0.05) is 24.3 Å². The Balaban J connectivity index is 1.74. The molecule has 1 aliphatic rings. The van der Waals surface area contributed by atoms with Crippen molar-refractivity contribution < 1.29 is 0 Å². The van der Waals surface area contributed by atoms with Crippen LogP contribution in [0.25, 0.3) is 0 Å². The molecular formula is C11H19N3S. The Kier molecular flexibility index (Phi) is 4.09. The molecule has 1 aromatic rings. The van der Waals surface area contributed by atoms with Gasteiger partial charge < -0.3 is 5.32 Å².